The van der Waals surface area contributed by atoms with Crippen LogP contribution in [0.4, 0.5) is 0 Å². The first kappa shape index (κ1) is 23.9. The van der Waals surface area contributed by atoms with Crippen LogP contribution < -0.4 is 0 Å². The van der Waals surface area contributed by atoms with Crippen molar-refractivity contribution in [2.75, 3.05) is 6.61 Å². The smallest absolute Gasteiger partial charge is 0.348 e. The van der Waals surface area contributed by atoms with E-state index in [9.17, 15) is 29.7 Å². The Morgan fingerprint density at radius 3 is 2.56 bits per heavy atom. The van der Waals surface area contributed by atoms with Gasteiger partial charge in [0, 0.05) is 16.7 Å². The Balaban J connectivity index is 1.69. The number of allylic oxidation sites excluding steroid dienone is 1. The minimum atomic E-state index is -1.43. The van der Waals surface area contributed by atoms with Crippen LogP contribution in [-0.2, 0) is 28.6 Å². The number of fused-ring (bicyclic) bond motifs is 2. The molecule has 2 bridgehead atoms. The van der Waals surface area contributed by atoms with Crippen molar-refractivity contribution in [2.45, 2.75) is 83.6 Å². The van der Waals surface area contributed by atoms with E-state index in [2.05, 4.69) is 0 Å². The fourth-order valence-corrected chi connectivity index (χ4v) is 8.09. The van der Waals surface area contributed by atoms with Gasteiger partial charge in [-0.25, -0.2) is 4.79 Å². The fraction of sp³-hybridized carbons (Fsp3) is 0.800. The third-order valence-electron chi connectivity index (χ3n) is 9.96. The number of hydrogen-bond acceptors (Lipinski definition) is 9. The summed E-state index contributed by atoms with van der Waals surface area (Å²) in [5.41, 5.74) is -2.84. The van der Waals surface area contributed by atoms with Crippen molar-refractivity contribution >= 4 is 17.7 Å². The molecular weight excluding hydrogens is 444 g/mol. The summed E-state index contributed by atoms with van der Waals surface area (Å²) >= 11 is 0. The molecule has 0 aromatic rings. The third-order valence-corrected chi connectivity index (χ3v) is 9.96. The SMILES string of the molecule is CC[C@@H](C)C(=O)O[C@H]1C(=O)O[C@@H]2C[C@H]3C(C)=CC(=O)[C@@H](O)[C@]3(C)[C@H]3[C@@H](O)[C@H](O)C4(C)OC[C@]32[C@@H]14. The molecule has 5 aliphatic rings. The first-order chi connectivity index (χ1) is 15.8. The molecule has 0 aromatic heterocycles. The summed E-state index contributed by atoms with van der Waals surface area (Å²) < 4.78 is 17.8. The van der Waals surface area contributed by atoms with Gasteiger partial charge in [0.15, 0.2) is 5.78 Å². The highest BCUT2D eigenvalue weighted by Gasteiger charge is 2.82. The van der Waals surface area contributed by atoms with Crippen LogP contribution in [0.15, 0.2) is 11.6 Å². The van der Waals surface area contributed by atoms with Crippen molar-refractivity contribution in [3.05, 3.63) is 11.6 Å². The standard InChI is InChI=1S/C25H34O9/c1-6-10(2)21(30)34-16-18-24(5)20(29)15(27)17-23(4)12(11(3)7-13(26)19(23)28)8-14(33-22(16)31)25(17,18)9-32-24/h7,10,12,14-20,27-29H,6,8-9H2,1-5H3/t10-,12+,14-,15-,16-,17-,18+,19-,20+,23+,24?,25-/m1/s1. The Morgan fingerprint density at radius 2 is 1.91 bits per heavy atom. The van der Waals surface area contributed by atoms with Gasteiger partial charge in [0.1, 0.15) is 23.9 Å². The molecule has 34 heavy (non-hydrogen) atoms. The van der Waals surface area contributed by atoms with Crippen molar-refractivity contribution < 1.29 is 43.9 Å². The largest absolute Gasteiger partial charge is 0.459 e. The summed E-state index contributed by atoms with van der Waals surface area (Å²) in [4.78, 5) is 38.8. The normalized spacial score (nSPS) is 52.2. The van der Waals surface area contributed by atoms with Crippen LogP contribution in [0.2, 0.25) is 0 Å². The van der Waals surface area contributed by atoms with E-state index in [1.165, 1.54) is 6.08 Å². The summed E-state index contributed by atoms with van der Waals surface area (Å²) in [6.45, 7) is 8.76. The zero-order chi connectivity index (χ0) is 25.0. The first-order valence-electron chi connectivity index (χ1n) is 12.2. The zero-order valence-corrected chi connectivity index (χ0v) is 20.2. The second-order valence-electron chi connectivity index (χ2n) is 11.4. The van der Waals surface area contributed by atoms with Gasteiger partial charge < -0.3 is 29.5 Å². The molecule has 2 aliphatic heterocycles. The Labute approximate surface area is 198 Å². The topological polar surface area (TPSA) is 140 Å². The zero-order valence-electron chi connectivity index (χ0n) is 20.2. The van der Waals surface area contributed by atoms with Crippen LogP contribution in [-0.4, -0.2) is 75.8 Å². The number of aliphatic hydroxyl groups is 3. The van der Waals surface area contributed by atoms with Gasteiger partial charge >= 0.3 is 11.9 Å². The maximum Gasteiger partial charge on any atom is 0.348 e. The molecule has 0 radical (unpaired) electrons. The lowest BCUT2D eigenvalue weighted by molar-refractivity contribution is -0.297. The van der Waals surface area contributed by atoms with E-state index >= 15 is 0 Å². The van der Waals surface area contributed by atoms with E-state index in [-0.39, 0.29) is 12.5 Å². The molecule has 5 rings (SSSR count). The number of rotatable bonds is 3. The quantitative estimate of drug-likeness (QED) is 0.496. The number of hydrogen-bond donors (Lipinski definition) is 3. The monoisotopic (exact) mass is 478 g/mol. The van der Waals surface area contributed by atoms with Crippen LogP contribution in [0.5, 0.6) is 0 Å². The Hall–Kier alpha value is -1.81. The molecule has 2 saturated heterocycles. The van der Waals surface area contributed by atoms with Crippen molar-refractivity contribution in [2.24, 2.45) is 34.5 Å². The summed E-state index contributed by atoms with van der Waals surface area (Å²) in [6, 6.07) is 0. The number of aliphatic hydroxyl groups excluding tert-OH is 3. The molecule has 2 heterocycles. The maximum absolute atomic E-state index is 13.3. The molecule has 188 valence electrons. The predicted molar refractivity (Wildman–Crippen MR) is 116 cm³/mol. The van der Waals surface area contributed by atoms with Gasteiger partial charge in [-0.15, -0.1) is 0 Å². The molecule has 1 unspecified atom stereocenters. The van der Waals surface area contributed by atoms with Crippen LogP contribution in [0.1, 0.15) is 47.5 Å². The average Bonchev–Trinajstić information content (AvgIpc) is 3.06. The van der Waals surface area contributed by atoms with Gasteiger partial charge in [0.2, 0.25) is 6.10 Å². The molecule has 4 fully saturated rings. The minimum absolute atomic E-state index is 0.0360. The highest BCUT2D eigenvalue weighted by atomic mass is 16.6. The number of carbonyl (C=O) groups is 3. The van der Waals surface area contributed by atoms with Gasteiger partial charge in [0.25, 0.3) is 0 Å². The van der Waals surface area contributed by atoms with E-state index in [4.69, 9.17) is 14.2 Å². The fourth-order valence-electron chi connectivity index (χ4n) is 8.09. The Bertz CT molecular complexity index is 975. The number of esters is 2. The minimum Gasteiger partial charge on any atom is -0.459 e. The second kappa shape index (κ2) is 7.35. The molecule has 9 heteroatoms. The van der Waals surface area contributed by atoms with Crippen LogP contribution in [0.25, 0.3) is 0 Å². The molecule has 1 spiro atoms. The van der Waals surface area contributed by atoms with Gasteiger partial charge in [-0.05, 0) is 38.7 Å². The van der Waals surface area contributed by atoms with E-state index < -0.39 is 82.4 Å². The maximum atomic E-state index is 13.3. The summed E-state index contributed by atoms with van der Waals surface area (Å²) in [5.74, 6) is -4.16. The molecule has 12 atom stereocenters. The van der Waals surface area contributed by atoms with Crippen LogP contribution in [0, 0.1) is 34.5 Å². The molecular formula is C25H34O9. The van der Waals surface area contributed by atoms with Crippen molar-refractivity contribution in [3.63, 3.8) is 0 Å². The van der Waals surface area contributed by atoms with Gasteiger partial charge in [0.05, 0.1) is 24.5 Å². The Kier molecular flexibility index (Phi) is 5.17. The summed E-state index contributed by atoms with van der Waals surface area (Å²) in [7, 11) is 0. The van der Waals surface area contributed by atoms with E-state index in [0.29, 0.717) is 12.8 Å². The predicted octanol–water partition coefficient (Wildman–Crippen LogP) is 0.529. The number of ether oxygens (including phenoxy) is 3. The lowest BCUT2D eigenvalue weighted by Gasteiger charge is -2.68. The lowest BCUT2D eigenvalue weighted by atomic mass is 9.38. The van der Waals surface area contributed by atoms with Gasteiger partial charge in [-0.3, -0.25) is 9.59 Å². The molecule has 3 aliphatic carbocycles. The molecule has 2 saturated carbocycles. The van der Waals surface area contributed by atoms with Crippen molar-refractivity contribution in [1.82, 2.24) is 0 Å². The molecule has 0 amide bonds. The van der Waals surface area contributed by atoms with Crippen LogP contribution in [0.3, 0.4) is 0 Å². The summed E-state index contributed by atoms with van der Waals surface area (Å²) in [6.07, 6.45) is -3.95. The lowest BCUT2D eigenvalue weighted by Crippen LogP contribution is -2.78. The molecule has 9 nitrogen and oxygen atoms in total. The molecule has 3 N–H and O–H groups in total. The van der Waals surface area contributed by atoms with E-state index in [1.807, 2.05) is 6.92 Å². The molecule has 0 aromatic carbocycles. The number of ketones is 1. The van der Waals surface area contributed by atoms with E-state index in [1.54, 1.807) is 27.7 Å². The van der Waals surface area contributed by atoms with Crippen molar-refractivity contribution in [1.29, 1.82) is 0 Å². The Morgan fingerprint density at radius 1 is 1.24 bits per heavy atom. The second-order valence-corrected chi connectivity index (χ2v) is 11.4. The average molecular weight is 479 g/mol. The number of carbonyl (C=O) groups excluding carboxylic acids is 3. The highest BCUT2D eigenvalue weighted by molar-refractivity contribution is 5.96. The van der Waals surface area contributed by atoms with Crippen LogP contribution >= 0.6 is 0 Å². The van der Waals surface area contributed by atoms with Gasteiger partial charge in [-0.2, -0.15) is 0 Å². The summed E-state index contributed by atoms with van der Waals surface area (Å²) in [5, 5.41) is 34.0. The van der Waals surface area contributed by atoms with Crippen molar-refractivity contribution in [3.8, 4) is 0 Å². The van der Waals surface area contributed by atoms with E-state index in [0.717, 1.165) is 5.57 Å². The third kappa shape index (κ3) is 2.61. The van der Waals surface area contributed by atoms with Gasteiger partial charge in [-0.1, -0.05) is 26.3 Å². The highest BCUT2D eigenvalue weighted by Crippen LogP contribution is 2.72. The first-order valence-corrected chi connectivity index (χ1v) is 12.2.